The van der Waals surface area contributed by atoms with E-state index in [2.05, 4.69) is 0 Å². The average molecular weight is 261 g/mol. The second kappa shape index (κ2) is 5.62. The summed E-state index contributed by atoms with van der Waals surface area (Å²) in [5.74, 6) is 0.988. The van der Waals surface area contributed by atoms with E-state index in [1.165, 1.54) is 12.0 Å². The topological polar surface area (TPSA) is 55.8 Å². The lowest BCUT2D eigenvalue weighted by Crippen LogP contribution is -2.52. The normalized spacial score (nSPS) is 20.9. The molecule has 1 heterocycles. The van der Waals surface area contributed by atoms with Crippen molar-refractivity contribution in [3.63, 3.8) is 0 Å². The van der Waals surface area contributed by atoms with Crippen LogP contribution in [0.25, 0.3) is 0 Å². The van der Waals surface area contributed by atoms with Gasteiger partial charge in [-0.2, -0.15) is 11.8 Å². The van der Waals surface area contributed by atoms with Crippen LogP contribution in [-0.2, 0) is 14.3 Å². The molecular formula is C11H19NO4S. The van der Waals surface area contributed by atoms with Gasteiger partial charge in [0.1, 0.15) is 11.6 Å². The lowest BCUT2D eigenvalue weighted by molar-refractivity contribution is -0.146. The summed E-state index contributed by atoms with van der Waals surface area (Å²) in [6.07, 6.45) is -0.451. The van der Waals surface area contributed by atoms with E-state index >= 15 is 0 Å². The van der Waals surface area contributed by atoms with Crippen molar-refractivity contribution in [3.8, 4) is 0 Å². The number of methoxy groups -OCH3 is 1. The highest BCUT2D eigenvalue weighted by molar-refractivity contribution is 7.99. The van der Waals surface area contributed by atoms with Gasteiger partial charge in [0, 0.05) is 18.1 Å². The molecule has 1 atom stereocenters. The molecule has 0 unspecified atom stereocenters. The van der Waals surface area contributed by atoms with E-state index in [0.717, 1.165) is 5.75 Å². The fourth-order valence-corrected chi connectivity index (χ4v) is 2.51. The predicted molar refractivity (Wildman–Crippen MR) is 66.1 cm³/mol. The zero-order valence-electron chi connectivity index (χ0n) is 10.7. The minimum atomic E-state index is -0.553. The van der Waals surface area contributed by atoms with Crippen LogP contribution in [0, 0.1) is 0 Å². The first-order valence-electron chi connectivity index (χ1n) is 5.50. The molecule has 1 rings (SSSR count). The van der Waals surface area contributed by atoms with Gasteiger partial charge in [0.15, 0.2) is 0 Å². The van der Waals surface area contributed by atoms with Gasteiger partial charge in [-0.15, -0.1) is 0 Å². The van der Waals surface area contributed by atoms with Crippen LogP contribution < -0.4 is 0 Å². The Kier molecular flexibility index (Phi) is 4.68. The summed E-state index contributed by atoms with van der Waals surface area (Å²) < 4.78 is 9.97. The molecule has 5 nitrogen and oxygen atoms in total. The van der Waals surface area contributed by atoms with Crippen LogP contribution in [0.1, 0.15) is 20.8 Å². The van der Waals surface area contributed by atoms with Gasteiger partial charge in [0.2, 0.25) is 0 Å². The molecule has 98 valence electrons. The number of thioether (sulfide) groups is 1. The van der Waals surface area contributed by atoms with Gasteiger partial charge < -0.3 is 9.47 Å². The Morgan fingerprint density at radius 2 is 2.00 bits per heavy atom. The van der Waals surface area contributed by atoms with Crippen molar-refractivity contribution >= 4 is 23.8 Å². The van der Waals surface area contributed by atoms with Crippen molar-refractivity contribution in [3.05, 3.63) is 0 Å². The van der Waals surface area contributed by atoms with Gasteiger partial charge in [-0.1, -0.05) is 0 Å². The lowest BCUT2D eigenvalue weighted by Gasteiger charge is -2.34. The number of esters is 1. The zero-order chi connectivity index (χ0) is 13.1. The third-order valence-electron chi connectivity index (χ3n) is 2.23. The Labute approximate surface area is 106 Å². The number of nitrogens with zero attached hydrogens (tertiary/aromatic N) is 1. The van der Waals surface area contributed by atoms with E-state index in [1.54, 1.807) is 32.5 Å². The van der Waals surface area contributed by atoms with Crippen LogP contribution in [0.5, 0.6) is 0 Å². The predicted octanol–water partition coefficient (Wildman–Crippen LogP) is 1.51. The third-order valence-corrected chi connectivity index (χ3v) is 3.25. The third kappa shape index (κ3) is 4.11. The van der Waals surface area contributed by atoms with E-state index < -0.39 is 17.7 Å². The Balaban J connectivity index is 2.71. The monoisotopic (exact) mass is 261 g/mol. The van der Waals surface area contributed by atoms with Gasteiger partial charge in [0.25, 0.3) is 0 Å². The second-order valence-electron chi connectivity index (χ2n) is 4.79. The molecule has 0 aromatic carbocycles. The van der Waals surface area contributed by atoms with Crippen molar-refractivity contribution < 1.29 is 19.1 Å². The fraction of sp³-hybridized carbons (Fsp3) is 0.818. The smallest absolute Gasteiger partial charge is 0.411 e. The highest BCUT2D eigenvalue weighted by Gasteiger charge is 2.35. The molecule has 1 amide bonds. The van der Waals surface area contributed by atoms with Crippen LogP contribution in [-0.4, -0.2) is 53.8 Å². The summed E-state index contributed by atoms with van der Waals surface area (Å²) in [6.45, 7) is 5.92. The first-order chi connectivity index (χ1) is 7.85. The van der Waals surface area contributed by atoms with Crippen molar-refractivity contribution in [2.45, 2.75) is 32.4 Å². The molecule has 0 spiro atoms. The molecule has 0 aromatic rings. The highest BCUT2D eigenvalue weighted by atomic mass is 32.2. The number of rotatable bonds is 1. The van der Waals surface area contributed by atoms with Crippen molar-refractivity contribution in [1.82, 2.24) is 4.90 Å². The number of ether oxygens (including phenoxy) is 2. The lowest BCUT2D eigenvalue weighted by atomic mass is 10.2. The quantitative estimate of drug-likeness (QED) is 0.670. The number of amides is 1. The number of hydrogen-bond acceptors (Lipinski definition) is 5. The molecule has 1 aliphatic heterocycles. The number of carbonyl (C=O) groups excluding carboxylic acids is 2. The second-order valence-corrected chi connectivity index (χ2v) is 5.94. The Bertz CT molecular complexity index is 300. The van der Waals surface area contributed by atoms with Crippen LogP contribution in [0.15, 0.2) is 0 Å². The van der Waals surface area contributed by atoms with Gasteiger partial charge in [-0.3, -0.25) is 4.90 Å². The Morgan fingerprint density at radius 3 is 2.53 bits per heavy atom. The van der Waals surface area contributed by atoms with Gasteiger partial charge in [-0.05, 0) is 20.8 Å². The van der Waals surface area contributed by atoms with Crippen molar-refractivity contribution in [2.75, 3.05) is 25.2 Å². The SMILES string of the molecule is COC(=O)[C@@H]1CSCCN1C(=O)OC(C)(C)C. The molecule has 0 aliphatic carbocycles. The molecule has 1 aliphatic rings. The van der Waals surface area contributed by atoms with Gasteiger partial charge in [0.05, 0.1) is 7.11 Å². The maximum absolute atomic E-state index is 11.9. The molecule has 1 fully saturated rings. The summed E-state index contributed by atoms with van der Waals surface area (Å²) in [6, 6.07) is -0.534. The minimum absolute atomic E-state index is 0.386. The van der Waals surface area contributed by atoms with Crippen LogP contribution in [0.2, 0.25) is 0 Å². The first-order valence-corrected chi connectivity index (χ1v) is 6.66. The van der Waals surface area contributed by atoms with Gasteiger partial charge in [-0.25, -0.2) is 9.59 Å². The Morgan fingerprint density at radius 1 is 1.35 bits per heavy atom. The molecular weight excluding hydrogens is 242 g/mol. The average Bonchev–Trinajstić information content (AvgIpc) is 2.25. The van der Waals surface area contributed by atoms with E-state index in [4.69, 9.17) is 9.47 Å². The zero-order valence-corrected chi connectivity index (χ0v) is 11.5. The molecule has 6 heteroatoms. The summed E-state index contributed by atoms with van der Waals surface area (Å²) in [4.78, 5) is 24.9. The standard InChI is InChI=1S/C11H19NO4S/c1-11(2,3)16-10(14)12-5-6-17-7-8(12)9(13)15-4/h8H,5-7H2,1-4H3/t8-/m0/s1. The molecule has 17 heavy (non-hydrogen) atoms. The molecule has 0 aromatic heterocycles. The maximum Gasteiger partial charge on any atom is 0.411 e. The molecule has 1 saturated heterocycles. The molecule has 0 radical (unpaired) electrons. The van der Waals surface area contributed by atoms with E-state index in [0.29, 0.717) is 12.3 Å². The Hall–Kier alpha value is -0.910. The number of carbonyl (C=O) groups is 2. The summed E-state index contributed by atoms with van der Waals surface area (Å²) in [5, 5.41) is 0. The maximum atomic E-state index is 11.9. The first kappa shape index (κ1) is 14.2. The molecule has 0 saturated carbocycles. The van der Waals surface area contributed by atoms with E-state index in [-0.39, 0.29) is 5.97 Å². The summed E-state index contributed by atoms with van der Waals surface area (Å²) >= 11 is 1.64. The van der Waals surface area contributed by atoms with Crippen LogP contribution in [0.4, 0.5) is 4.79 Å². The number of hydrogen-bond donors (Lipinski definition) is 0. The van der Waals surface area contributed by atoms with Gasteiger partial charge >= 0.3 is 12.1 Å². The summed E-state index contributed by atoms with van der Waals surface area (Å²) in [5.41, 5.74) is -0.553. The largest absolute Gasteiger partial charge is 0.467 e. The van der Waals surface area contributed by atoms with Crippen molar-refractivity contribution in [2.24, 2.45) is 0 Å². The highest BCUT2D eigenvalue weighted by Crippen LogP contribution is 2.20. The fourth-order valence-electron chi connectivity index (χ4n) is 1.47. The molecule has 0 bridgehead atoms. The van der Waals surface area contributed by atoms with Crippen molar-refractivity contribution in [1.29, 1.82) is 0 Å². The molecule has 0 N–H and O–H groups in total. The van der Waals surface area contributed by atoms with E-state index in [9.17, 15) is 9.59 Å². The summed E-state index contributed by atoms with van der Waals surface area (Å²) in [7, 11) is 1.33. The minimum Gasteiger partial charge on any atom is -0.467 e. The van der Waals surface area contributed by atoms with Crippen LogP contribution >= 0.6 is 11.8 Å². The van der Waals surface area contributed by atoms with E-state index in [1.807, 2.05) is 0 Å². The van der Waals surface area contributed by atoms with Crippen LogP contribution in [0.3, 0.4) is 0 Å².